The van der Waals surface area contributed by atoms with E-state index in [9.17, 15) is 4.79 Å². The molecule has 2 aromatic heterocycles. The van der Waals surface area contributed by atoms with Crippen LogP contribution < -0.4 is 19.9 Å². The molecule has 4 rings (SSSR count). The molecule has 1 fully saturated rings. The lowest BCUT2D eigenvalue weighted by atomic mass is 10.1. The van der Waals surface area contributed by atoms with Gasteiger partial charge in [0.05, 0.1) is 26.9 Å². The fourth-order valence-electron chi connectivity index (χ4n) is 3.87. The molecular weight excluding hydrogens is 412 g/mol. The van der Waals surface area contributed by atoms with Crippen LogP contribution in [0.2, 0.25) is 0 Å². The van der Waals surface area contributed by atoms with E-state index in [1.165, 1.54) is 12.4 Å². The van der Waals surface area contributed by atoms with Gasteiger partial charge in [0, 0.05) is 25.6 Å². The van der Waals surface area contributed by atoms with Crippen molar-refractivity contribution < 1.29 is 19.0 Å². The molecule has 1 amide bonds. The Balaban J connectivity index is 1.55. The zero-order valence-electron chi connectivity index (χ0n) is 18.2. The number of benzene rings is 1. The third-order valence-electron chi connectivity index (χ3n) is 5.52. The molecule has 0 aliphatic carbocycles. The highest BCUT2D eigenvalue weighted by Gasteiger charge is 2.30. The predicted molar refractivity (Wildman–Crippen MR) is 119 cm³/mol. The van der Waals surface area contributed by atoms with Crippen LogP contribution in [0.1, 0.15) is 18.0 Å². The van der Waals surface area contributed by atoms with Crippen molar-refractivity contribution in [3.05, 3.63) is 42.7 Å². The summed E-state index contributed by atoms with van der Waals surface area (Å²) in [6.07, 6.45) is 4.10. The minimum absolute atomic E-state index is 0.0318. The number of aromatic nitrogens is 4. The molecule has 0 saturated carbocycles. The van der Waals surface area contributed by atoms with Gasteiger partial charge in [-0.3, -0.25) is 4.79 Å². The summed E-state index contributed by atoms with van der Waals surface area (Å²) in [7, 11) is 3.23. The first-order chi connectivity index (χ1) is 15.5. The summed E-state index contributed by atoms with van der Waals surface area (Å²) in [6.45, 7) is 5.08. The number of ether oxygens (including phenoxy) is 3. The van der Waals surface area contributed by atoms with E-state index in [-0.39, 0.29) is 11.9 Å². The number of likely N-dealkylation sites (tertiary alicyclic amines) is 1. The number of methoxy groups -OCH3 is 2. The summed E-state index contributed by atoms with van der Waals surface area (Å²) >= 11 is 0. The van der Waals surface area contributed by atoms with Gasteiger partial charge in [-0.15, -0.1) is 5.10 Å². The van der Waals surface area contributed by atoms with Crippen molar-refractivity contribution >= 4 is 22.8 Å². The maximum Gasteiger partial charge on any atom is 0.246 e. The van der Waals surface area contributed by atoms with E-state index in [0.717, 1.165) is 12.0 Å². The van der Waals surface area contributed by atoms with Gasteiger partial charge in [-0.2, -0.15) is 0 Å². The zero-order valence-corrected chi connectivity index (χ0v) is 18.2. The maximum absolute atomic E-state index is 12.0. The Morgan fingerprint density at radius 2 is 2.00 bits per heavy atom. The van der Waals surface area contributed by atoms with E-state index in [1.807, 2.05) is 18.2 Å². The highest BCUT2D eigenvalue weighted by atomic mass is 16.5. The number of nitrogens with two attached hydrogens (primary N) is 1. The smallest absolute Gasteiger partial charge is 0.246 e. The molecule has 0 unspecified atom stereocenters. The number of amides is 1. The zero-order chi connectivity index (χ0) is 22.7. The van der Waals surface area contributed by atoms with Crippen LogP contribution in [0, 0.1) is 0 Å². The van der Waals surface area contributed by atoms with Crippen molar-refractivity contribution in [1.82, 2.24) is 24.6 Å². The van der Waals surface area contributed by atoms with E-state index in [0.29, 0.717) is 60.3 Å². The molecule has 0 bridgehead atoms. The van der Waals surface area contributed by atoms with Gasteiger partial charge in [-0.25, -0.2) is 14.6 Å². The Morgan fingerprint density at radius 1 is 1.25 bits per heavy atom. The first kappa shape index (κ1) is 21.4. The van der Waals surface area contributed by atoms with Crippen LogP contribution in [-0.4, -0.2) is 64.5 Å². The average Bonchev–Trinajstić information content (AvgIpc) is 3.44. The van der Waals surface area contributed by atoms with Gasteiger partial charge in [-0.05, 0) is 30.2 Å². The van der Waals surface area contributed by atoms with E-state index >= 15 is 0 Å². The van der Waals surface area contributed by atoms with Crippen LogP contribution in [0.5, 0.6) is 17.4 Å². The number of carbonyl (C=O) groups excluding carboxylic acids is 1. The first-order valence-corrected chi connectivity index (χ1v) is 10.3. The Morgan fingerprint density at radius 3 is 2.69 bits per heavy atom. The highest BCUT2D eigenvalue weighted by molar-refractivity contribution is 5.91. The summed E-state index contributed by atoms with van der Waals surface area (Å²) in [5.74, 6) is 2.01. The van der Waals surface area contributed by atoms with Crippen molar-refractivity contribution in [3.63, 3.8) is 0 Å². The standard InChI is InChI=1S/C22H26N6O4/c1-4-18(29)27-7-5-15(12-27)28-21-19(20(23)24-13-25-21)22(26-28)32-8-6-14-9-16(30-2)11-17(10-14)31-3/h4,9-11,13,15H,1,5-8,12H2,2-3H3,(H2,23,24,25)/t15-/m0/s1. The molecule has 32 heavy (non-hydrogen) atoms. The Hall–Kier alpha value is -3.82. The third-order valence-corrected chi connectivity index (χ3v) is 5.52. The van der Waals surface area contributed by atoms with Gasteiger partial charge in [0.2, 0.25) is 11.8 Å². The fourth-order valence-corrected chi connectivity index (χ4v) is 3.87. The molecule has 1 aliphatic heterocycles. The van der Waals surface area contributed by atoms with Crippen LogP contribution >= 0.6 is 0 Å². The van der Waals surface area contributed by atoms with Gasteiger partial charge < -0.3 is 24.8 Å². The summed E-state index contributed by atoms with van der Waals surface area (Å²) in [6, 6.07) is 5.66. The highest BCUT2D eigenvalue weighted by Crippen LogP contribution is 2.32. The van der Waals surface area contributed by atoms with E-state index in [2.05, 4.69) is 21.6 Å². The molecule has 0 spiro atoms. The van der Waals surface area contributed by atoms with Crippen LogP contribution in [-0.2, 0) is 11.2 Å². The number of hydrogen-bond acceptors (Lipinski definition) is 8. The Bertz CT molecular complexity index is 1120. The molecule has 1 aromatic carbocycles. The average molecular weight is 438 g/mol. The molecule has 1 atom stereocenters. The SMILES string of the molecule is C=CC(=O)N1CC[C@H](n2nc(OCCc3cc(OC)cc(OC)c3)c3c(N)ncnc32)C1. The number of fused-ring (bicyclic) bond motifs is 1. The summed E-state index contributed by atoms with van der Waals surface area (Å²) in [5, 5.41) is 5.22. The molecule has 0 radical (unpaired) electrons. The van der Waals surface area contributed by atoms with Crippen molar-refractivity contribution in [1.29, 1.82) is 0 Å². The van der Waals surface area contributed by atoms with Crippen LogP contribution in [0.3, 0.4) is 0 Å². The van der Waals surface area contributed by atoms with Crippen LogP contribution in [0.15, 0.2) is 37.2 Å². The van der Waals surface area contributed by atoms with Crippen molar-refractivity contribution in [3.8, 4) is 17.4 Å². The number of anilines is 1. The molecule has 1 saturated heterocycles. The second-order valence-electron chi connectivity index (χ2n) is 7.46. The van der Waals surface area contributed by atoms with E-state index in [1.54, 1.807) is 23.8 Å². The van der Waals surface area contributed by atoms with Gasteiger partial charge >= 0.3 is 0 Å². The summed E-state index contributed by atoms with van der Waals surface area (Å²) < 4.78 is 18.5. The van der Waals surface area contributed by atoms with Gasteiger partial charge in [-0.1, -0.05) is 6.58 Å². The van der Waals surface area contributed by atoms with Crippen molar-refractivity contribution in [2.75, 3.05) is 39.6 Å². The van der Waals surface area contributed by atoms with E-state index in [4.69, 9.17) is 19.9 Å². The fraction of sp³-hybridized carbons (Fsp3) is 0.364. The third kappa shape index (κ3) is 4.16. The van der Waals surface area contributed by atoms with Gasteiger partial charge in [0.25, 0.3) is 0 Å². The molecular formula is C22H26N6O4. The molecule has 168 valence electrons. The van der Waals surface area contributed by atoms with Gasteiger partial charge in [0.15, 0.2) is 5.65 Å². The normalized spacial score (nSPS) is 15.7. The largest absolute Gasteiger partial charge is 0.497 e. The lowest BCUT2D eigenvalue weighted by molar-refractivity contribution is -0.125. The van der Waals surface area contributed by atoms with Crippen molar-refractivity contribution in [2.24, 2.45) is 0 Å². The molecule has 1 aliphatic rings. The monoisotopic (exact) mass is 438 g/mol. The molecule has 10 nitrogen and oxygen atoms in total. The Kier molecular flexibility index (Phi) is 6.11. The summed E-state index contributed by atoms with van der Waals surface area (Å²) in [4.78, 5) is 22.2. The lowest BCUT2D eigenvalue weighted by Crippen LogP contribution is -2.27. The van der Waals surface area contributed by atoms with E-state index < -0.39 is 0 Å². The summed E-state index contributed by atoms with van der Waals surface area (Å²) in [5.41, 5.74) is 7.72. The molecule has 10 heteroatoms. The Labute approximate surface area is 185 Å². The minimum atomic E-state index is -0.0942. The number of rotatable bonds is 8. The van der Waals surface area contributed by atoms with Crippen molar-refractivity contribution in [2.45, 2.75) is 18.9 Å². The second-order valence-corrected chi connectivity index (χ2v) is 7.46. The van der Waals surface area contributed by atoms with Crippen LogP contribution in [0.25, 0.3) is 11.0 Å². The molecule has 3 heterocycles. The number of hydrogen-bond donors (Lipinski definition) is 1. The van der Waals surface area contributed by atoms with Gasteiger partial charge in [0.1, 0.15) is 29.0 Å². The minimum Gasteiger partial charge on any atom is -0.497 e. The number of nitrogen functional groups attached to an aromatic ring is 1. The predicted octanol–water partition coefficient (Wildman–Crippen LogP) is 2.01. The second kappa shape index (κ2) is 9.13. The van der Waals surface area contributed by atoms with Crippen LogP contribution in [0.4, 0.5) is 5.82 Å². The molecule has 3 aromatic rings. The quantitative estimate of drug-likeness (QED) is 0.531. The molecule has 2 N–H and O–H groups in total. The topological polar surface area (TPSA) is 118 Å². The maximum atomic E-state index is 12.0. The number of nitrogens with zero attached hydrogens (tertiary/aromatic N) is 5. The number of carbonyl (C=O) groups is 1. The lowest BCUT2D eigenvalue weighted by Gasteiger charge is -2.14. The first-order valence-electron chi connectivity index (χ1n) is 10.3.